The van der Waals surface area contributed by atoms with Gasteiger partial charge in [0.15, 0.2) is 0 Å². The number of fused-ring (bicyclic) bond motifs is 1. The molecule has 2 rings (SSSR count). The monoisotopic (exact) mass is 225 g/mol. The van der Waals surface area contributed by atoms with Crippen LogP contribution in [0.25, 0.3) is 0 Å². The zero-order valence-corrected chi connectivity index (χ0v) is 8.74. The van der Waals surface area contributed by atoms with E-state index in [0.717, 1.165) is 6.54 Å². The molecule has 2 heteroatoms. The van der Waals surface area contributed by atoms with Crippen LogP contribution in [0.3, 0.4) is 0 Å². The first-order valence-corrected chi connectivity index (χ1v) is 5.09. The number of aryl methyl sites for hydroxylation is 1. The van der Waals surface area contributed by atoms with E-state index in [4.69, 9.17) is 0 Å². The number of nitrogens with one attached hydrogen (secondary N) is 1. The molecule has 1 heterocycles. The molecule has 0 saturated heterocycles. The van der Waals surface area contributed by atoms with Crippen molar-refractivity contribution < 1.29 is 0 Å². The molecule has 0 aliphatic carbocycles. The maximum atomic E-state index is 3.59. The van der Waals surface area contributed by atoms with Gasteiger partial charge in [0.2, 0.25) is 0 Å². The van der Waals surface area contributed by atoms with Crippen LogP contribution in [0, 0.1) is 6.92 Å². The molecule has 64 valence electrons. The molecule has 0 radical (unpaired) electrons. The van der Waals surface area contributed by atoms with E-state index in [1.807, 2.05) is 0 Å². The van der Waals surface area contributed by atoms with Gasteiger partial charge in [0.25, 0.3) is 0 Å². The summed E-state index contributed by atoms with van der Waals surface area (Å²) in [6, 6.07) is 4.41. The average molecular weight is 226 g/mol. The fourth-order valence-electron chi connectivity index (χ4n) is 1.67. The van der Waals surface area contributed by atoms with Gasteiger partial charge in [-0.2, -0.15) is 0 Å². The Kier molecular flexibility index (Phi) is 2.09. The maximum absolute atomic E-state index is 3.59. The summed E-state index contributed by atoms with van der Waals surface area (Å²) < 4.78 is 1.25. The predicted octanol–water partition coefficient (Wildman–Crippen LogP) is 3.12. The molecule has 12 heavy (non-hydrogen) atoms. The lowest BCUT2D eigenvalue weighted by Crippen LogP contribution is -2.12. The third kappa shape index (κ3) is 1.36. The van der Waals surface area contributed by atoms with E-state index in [-0.39, 0.29) is 0 Å². The van der Waals surface area contributed by atoms with E-state index >= 15 is 0 Å². The van der Waals surface area contributed by atoms with Gasteiger partial charge >= 0.3 is 0 Å². The first kappa shape index (κ1) is 8.11. The summed E-state index contributed by atoms with van der Waals surface area (Å²) in [5.74, 6) is 0. The van der Waals surface area contributed by atoms with Crippen LogP contribution in [0.5, 0.6) is 0 Å². The van der Waals surface area contributed by atoms with Gasteiger partial charge in [-0.3, -0.25) is 0 Å². The third-order valence-electron chi connectivity index (χ3n) is 2.26. The molecule has 1 aliphatic heterocycles. The van der Waals surface area contributed by atoms with Crippen molar-refractivity contribution in [3.05, 3.63) is 27.7 Å². The molecule has 0 atom stereocenters. The van der Waals surface area contributed by atoms with Crippen molar-refractivity contribution in [3.8, 4) is 0 Å². The lowest BCUT2D eigenvalue weighted by molar-refractivity contribution is 0.826. The van der Waals surface area contributed by atoms with Gasteiger partial charge < -0.3 is 5.32 Å². The van der Waals surface area contributed by atoms with Gasteiger partial charge in [0.1, 0.15) is 0 Å². The van der Waals surface area contributed by atoms with E-state index in [1.54, 1.807) is 0 Å². The maximum Gasteiger partial charge on any atom is 0.0386 e. The first-order chi connectivity index (χ1) is 5.77. The summed E-state index contributed by atoms with van der Waals surface area (Å²) in [6.45, 7) is 3.24. The highest BCUT2D eigenvalue weighted by atomic mass is 79.9. The van der Waals surface area contributed by atoms with Crippen LogP contribution in [0.2, 0.25) is 0 Å². The normalized spacial score (nSPS) is 15.2. The molecule has 1 aliphatic rings. The molecule has 1 aromatic rings. The molecule has 1 aromatic carbocycles. The largest absolute Gasteiger partial charge is 0.385 e. The van der Waals surface area contributed by atoms with Crippen LogP contribution in [0.15, 0.2) is 16.6 Å². The van der Waals surface area contributed by atoms with Crippen LogP contribution in [-0.4, -0.2) is 6.54 Å². The smallest absolute Gasteiger partial charge is 0.0386 e. The standard InChI is InChI=1S/C10H12BrN/c1-7-5-9(11)8-3-2-4-12-10(8)6-7/h5-6,12H,2-4H2,1H3. The first-order valence-electron chi connectivity index (χ1n) is 4.30. The highest BCUT2D eigenvalue weighted by Gasteiger charge is 2.11. The van der Waals surface area contributed by atoms with Crippen molar-refractivity contribution in [3.63, 3.8) is 0 Å². The molecule has 0 saturated carbocycles. The van der Waals surface area contributed by atoms with Crippen LogP contribution < -0.4 is 5.32 Å². The molecule has 1 N–H and O–H groups in total. The molecule has 0 amide bonds. The van der Waals surface area contributed by atoms with Gasteiger partial charge in [0, 0.05) is 16.7 Å². The Labute approximate surface area is 81.3 Å². The van der Waals surface area contributed by atoms with Crippen molar-refractivity contribution in [2.75, 3.05) is 11.9 Å². The van der Waals surface area contributed by atoms with Gasteiger partial charge in [0.05, 0.1) is 0 Å². The number of anilines is 1. The molecule has 0 bridgehead atoms. The quantitative estimate of drug-likeness (QED) is 0.716. The Morgan fingerprint density at radius 2 is 2.25 bits per heavy atom. The number of benzene rings is 1. The number of hydrogen-bond acceptors (Lipinski definition) is 1. The summed E-state index contributed by atoms with van der Waals surface area (Å²) >= 11 is 3.59. The Hall–Kier alpha value is -0.500. The average Bonchev–Trinajstić information content (AvgIpc) is 2.04. The van der Waals surface area contributed by atoms with Crippen LogP contribution in [0.4, 0.5) is 5.69 Å². The van der Waals surface area contributed by atoms with Gasteiger partial charge in [-0.1, -0.05) is 15.9 Å². The highest BCUT2D eigenvalue weighted by molar-refractivity contribution is 9.10. The van der Waals surface area contributed by atoms with E-state index < -0.39 is 0 Å². The fraction of sp³-hybridized carbons (Fsp3) is 0.400. The van der Waals surface area contributed by atoms with E-state index in [1.165, 1.54) is 34.1 Å². The molecule has 0 spiro atoms. The Morgan fingerprint density at radius 3 is 3.08 bits per heavy atom. The highest BCUT2D eigenvalue weighted by Crippen LogP contribution is 2.30. The van der Waals surface area contributed by atoms with Crippen molar-refractivity contribution in [2.24, 2.45) is 0 Å². The number of halogens is 1. The van der Waals surface area contributed by atoms with Crippen molar-refractivity contribution in [1.82, 2.24) is 0 Å². The molecule has 0 fully saturated rings. The SMILES string of the molecule is Cc1cc(Br)c2c(c1)NCCC2. The van der Waals surface area contributed by atoms with Crippen LogP contribution in [0.1, 0.15) is 17.5 Å². The zero-order chi connectivity index (χ0) is 8.55. The van der Waals surface area contributed by atoms with Gasteiger partial charge in [-0.05, 0) is 43.0 Å². The molecular weight excluding hydrogens is 214 g/mol. The zero-order valence-electron chi connectivity index (χ0n) is 7.15. The number of rotatable bonds is 0. The second kappa shape index (κ2) is 3.09. The minimum absolute atomic E-state index is 1.11. The fourth-order valence-corrected chi connectivity index (χ4v) is 2.45. The Bertz CT molecular complexity index is 307. The summed E-state index contributed by atoms with van der Waals surface area (Å²) in [4.78, 5) is 0. The molecule has 1 nitrogen and oxygen atoms in total. The minimum Gasteiger partial charge on any atom is -0.385 e. The third-order valence-corrected chi connectivity index (χ3v) is 2.97. The number of hydrogen-bond donors (Lipinski definition) is 1. The van der Waals surface area contributed by atoms with E-state index in [2.05, 4.69) is 40.3 Å². The molecular formula is C10H12BrN. The van der Waals surface area contributed by atoms with Crippen LogP contribution >= 0.6 is 15.9 Å². The van der Waals surface area contributed by atoms with Crippen LogP contribution in [-0.2, 0) is 6.42 Å². The molecule has 0 aromatic heterocycles. The van der Waals surface area contributed by atoms with Gasteiger partial charge in [-0.15, -0.1) is 0 Å². The summed E-state index contributed by atoms with van der Waals surface area (Å²) in [6.07, 6.45) is 2.44. The predicted molar refractivity (Wildman–Crippen MR) is 55.7 cm³/mol. The second-order valence-corrected chi connectivity index (χ2v) is 4.16. The van der Waals surface area contributed by atoms with Crippen molar-refractivity contribution >= 4 is 21.6 Å². The lowest BCUT2D eigenvalue weighted by atomic mass is 10.0. The lowest BCUT2D eigenvalue weighted by Gasteiger charge is -2.19. The topological polar surface area (TPSA) is 12.0 Å². The van der Waals surface area contributed by atoms with Crippen molar-refractivity contribution in [1.29, 1.82) is 0 Å². The Morgan fingerprint density at radius 1 is 1.42 bits per heavy atom. The van der Waals surface area contributed by atoms with Crippen molar-refractivity contribution in [2.45, 2.75) is 19.8 Å². The molecule has 0 unspecified atom stereocenters. The van der Waals surface area contributed by atoms with E-state index in [9.17, 15) is 0 Å². The summed E-state index contributed by atoms with van der Waals surface area (Å²) in [5, 5.41) is 3.41. The minimum atomic E-state index is 1.11. The summed E-state index contributed by atoms with van der Waals surface area (Å²) in [7, 11) is 0. The second-order valence-electron chi connectivity index (χ2n) is 3.30. The van der Waals surface area contributed by atoms with Gasteiger partial charge in [-0.25, -0.2) is 0 Å². The van der Waals surface area contributed by atoms with E-state index in [0.29, 0.717) is 0 Å². The Balaban J connectivity index is 2.53. The summed E-state index contributed by atoms with van der Waals surface area (Å²) in [5.41, 5.74) is 4.06.